The first-order valence-electron chi connectivity index (χ1n) is 23.5. The molecule has 0 spiro atoms. The molecule has 0 fully saturated rings. The van der Waals surface area contributed by atoms with E-state index in [-0.39, 0.29) is 0 Å². The summed E-state index contributed by atoms with van der Waals surface area (Å²) in [6.07, 6.45) is 0. The number of rotatable bonds is 9. The van der Waals surface area contributed by atoms with Gasteiger partial charge in [-0.1, -0.05) is 170 Å². The molecule has 11 aromatic carbocycles. The SMILES string of the molecule is c1ccc(-c2cccc(-c3cccc(N(c4ccc(-c5cccc(-c6ccc7oc8ccccc8c7c6)c5)cc4)c4ccc(-c5cccc(-c6ccc7oc8ccccc8c7c6)c5)cc4)c3)c2)cc1. The van der Waals surface area contributed by atoms with Gasteiger partial charge in [0.05, 0.1) is 0 Å². The van der Waals surface area contributed by atoms with E-state index in [1.807, 2.05) is 24.3 Å². The van der Waals surface area contributed by atoms with Crippen molar-refractivity contribution in [3.8, 4) is 66.8 Å². The van der Waals surface area contributed by atoms with E-state index >= 15 is 0 Å². The summed E-state index contributed by atoms with van der Waals surface area (Å²) in [6, 6.07) is 93.3. The van der Waals surface area contributed by atoms with Crippen molar-refractivity contribution in [3.05, 3.63) is 261 Å². The zero-order valence-electron chi connectivity index (χ0n) is 37.6. The second-order valence-corrected chi connectivity index (χ2v) is 17.7. The summed E-state index contributed by atoms with van der Waals surface area (Å²) in [7, 11) is 0. The zero-order valence-corrected chi connectivity index (χ0v) is 37.6. The average molecular weight is 882 g/mol. The summed E-state index contributed by atoms with van der Waals surface area (Å²) in [4.78, 5) is 2.36. The smallest absolute Gasteiger partial charge is 0.135 e. The third-order valence-corrected chi connectivity index (χ3v) is 13.5. The molecule has 13 aromatic rings. The summed E-state index contributed by atoms with van der Waals surface area (Å²) in [6.45, 7) is 0. The predicted molar refractivity (Wildman–Crippen MR) is 288 cm³/mol. The number of benzene rings is 11. The molecule has 0 saturated heterocycles. The van der Waals surface area contributed by atoms with Crippen molar-refractivity contribution in [3.63, 3.8) is 0 Å². The van der Waals surface area contributed by atoms with Gasteiger partial charge in [-0.3, -0.25) is 0 Å². The minimum Gasteiger partial charge on any atom is -0.456 e. The molecular formula is C66H43NO2. The van der Waals surface area contributed by atoms with Crippen LogP contribution in [-0.2, 0) is 0 Å². The zero-order chi connectivity index (χ0) is 45.7. The number of anilines is 3. The predicted octanol–water partition coefficient (Wildman–Crippen LogP) is 19.0. The molecule has 3 nitrogen and oxygen atoms in total. The molecule has 0 aliphatic carbocycles. The lowest BCUT2D eigenvalue weighted by molar-refractivity contribution is 0.668. The largest absolute Gasteiger partial charge is 0.456 e. The van der Waals surface area contributed by atoms with Crippen LogP contribution in [-0.4, -0.2) is 0 Å². The van der Waals surface area contributed by atoms with Gasteiger partial charge in [-0.25, -0.2) is 0 Å². The van der Waals surface area contributed by atoms with E-state index in [2.05, 4.69) is 241 Å². The Morgan fingerprint density at radius 3 is 0.971 bits per heavy atom. The standard InChI is InChI=1S/C66H43NO2/c1-2-12-44(13-3-1)47-14-8-17-50(38-47)53-20-11-21-58(41-53)67(56-32-26-45(27-33-56)48-15-9-18-51(39-48)54-30-36-65-61(42-54)59-22-4-6-24-63(59)68-65)57-34-28-46(29-35-57)49-16-10-19-52(40-49)55-31-37-66-62(43-55)60-23-5-7-25-64(60)69-66/h1-43H. The minimum atomic E-state index is 0.903. The van der Waals surface area contributed by atoms with Gasteiger partial charge in [0.2, 0.25) is 0 Å². The van der Waals surface area contributed by atoms with E-state index in [9.17, 15) is 0 Å². The van der Waals surface area contributed by atoms with E-state index in [4.69, 9.17) is 8.83 Å². The Labute approximate surface area is 400 Å². The highest BCUT2D eigenvalue weighted by Crippen LogP contribution is 2.41. The Morgan fingerprint density at radius 1 is 0.188 bits per heavy atom. The van der Waals surface area contributed by atoms with Crippen LogP contribution in [0.3, 0.4) is 0 Å². The highest BCUT2D eigenvalue weighted by atomic mass is 16.3. The van der Waals surface area contributed by atoms with Crippen molar-refractivity contribution in [1.82, 2.24) is 0 Å². The highest BCUT2D eigenvalue weighted by Gasteiger charge is 2.16. The number of furan rings is 2. The van der Waals surface area contributed by atoms with Crippen molar-refractivity contribution in [2.75, 3.05) is 4.90 Å². The molecule has 0 aliphatic heterocycles. The number of fused-ring (bicyclic) bond motifs is 6. The Bertz CT molecular complexity index is 3810. The maximum absolute atomic E-state index is 6.14. The molecule has 0 saturated carbocycles. The quantitative estimate of drug-likeness (QED) is 0.145. The van der Waals surface area contributed by atoms with Crippen molar-refractivity contribution in [2.24, 2.45) is 0 Å². The molecule has 13 rings (SSSR count). The number of para-hydroxylation sites is 2. The minimum absolute atomic E-state index is 0.903. The summed E-state index contributed by atoms with van der Waals surface area (Å²) < 4.78 is 12.3. The molecule has 0 unspecified atom stereocenters. The van der Waals surface area contributed by atoms with Gasteiger partial charge in [0.15, 0.2) is 0 Å². The molecule has 3 heteroatoms. The van der Waals surface area contributed by atoms with Gasteiger partial charge < -0.3 is 13.7 Å². The molecule has 0 amide bonds. The van der Waals surface area contributed by atoms with Crippen LogP contribution in [0.2, 0.25) is 0 Å². The van der Waals surface area contributed by atoms with Crippen LogP contribution in [0.5, 0.6) is 0 Å². The molecule has 0 bridgehead atoms. The van der Waals surface area contributed by atoms with Crippen LogP contribution < -0.4 is 4.90 Å². The molecule has 0 radical (unpaired) electrons. The lowest BCUT2D eigenvalue weighted by atomic mass is 9.97. The number of hydrogen-bond acceptors (Lipinski definition) is 3. The molecule has 69 heavy (non-hydrogen) atoms. The van der Waals surface area contributed by atoms with E-state index in [1.54, 1.807) is 0 Å². The van der Waals surface area contributed by atoms with Crippen molar-refractivity contribution in [2.45, 2.75) is 0 Å². The van der Waals surface area contributed by atoms with Gasteiger partial charge in [-0.2, -0.15) is 0 Å². The maximum atomic E-state index is 6.14. The summed E-state index contributed by atoms with van der Waals surface area (Å²) in [5.41, 5.74) is 20.8. The highest BCUT2D eigenvalue weighted by molar-refractivity contribution is 6.07. The van der Waals surface area contributed by atoms with Crippen LogP contribution in [0.4, 0.5) is 17.1 Å². The molecule has 0 N–H and O–H groups in total. The fraction of sp³-hybridized carbons (Fsp3) is 0. The van der Waals surface area contributed by atoms with Crippen molar-refractivity contribution in [1.29, 1.82) is 0 Å². The van der Waals surface area contributed by atoms with Crippen molar-refractivity contribution >= 4 is 60.9 Å². The first kappa shape index (κ1) is 40.1. The monoisotopic (exact) mass is 881 g/mol. The van der Waals surface area contributed by atoms with Crippen LogP contribution in [0.25, 0.3) is 111 Å². The summed E-state index contributed by atoms with van der Waals surface area (Å²) in [5, 5.41) is 4.53. The first-order chi connectivity index (χ1) is 34.1. The second-order valence-electron chi connectivity index (χ2n) is 17.7. The maximum Gasteiger partial charge on any atom is 0.135 e. The molecule has 324 valence electrons. The topological polar surface area (TPSA) is 29.5 Å². The normalized spacial score (nSPS) is 11.5. The number of hydrogen-bond donors (Lipinski definition) is 0. The van der Waals surface area contributed by atoms with E-state index < -0.39 is 0 Å². The molecule has 2 aromatic heterocycles. The fourth-order valence-electron chi connectivity index (χ4n) is 9.95. The third-order valence-electron chi connectivity index (χ3n) is 13.5. The van der Waals surface area contributed by atoms with Crippen molar-refractivity contribution < 1.29 is 8.83 Å². The van der Waals surface area contributed by atoms with Gasteiger partial charge >= 0.3 is 0 Å². The Balaban J connectivity index is 0.852. The van der Waals surface area contributed by atoms with Gasteiger partial charge in [0.1, 0.15) is 22.3 Å². The van der Waals surface area contributed by atoms with Crippen LogP contribution >= 0.6 is 0 Å². The molecule has 2 heterocycles. The average Bonchev–Trinajstić information content (AvgIpc) is 4.00. The lowest BCUT2D eigenvalue weighted by Gasteiger charge is -2.26. The Morgan fingerprint density at radius 2 is 0.507 bits per heavy atom. The van der Waals surface area contributed by atoms with Crippen LogP contribution in [0.15, 0.2) is 270 Å². The molecule has 0 aliphatic rings. The molecular weight excluding hydrogens is 839 g/mol. The van der Waals surface area contributed by atoms with Gasteiger partial charge in [0, 0.05) is 38.6 Å². The Hall–Kier alpha value is -9.18. The van der Waals surface area contributed by atoms with Gasteiger partial charge in [-0.15, -0.1) is 0 Å². The first-order valence-corrected chi connectivity index (χ1v) is 23.5. The van der Waals surface area contributed by atoms with E-state index in [0.717, 1.165) is 111 Å². The summed E-state index contributed by atoms with van der Waals surface area (Å²) in [5.74, 6) is 0. The van der Waals surface area contributed by atoms with Gasteiger partial charge in [0.25, 0.3) is 0 Å². The molecule has 0 atom stereocenters. The second kappa shape index (κ2) is 16.9. The fourth-order valence-corrected chi connectivity index (χ4v) is 9.95. The van der Waals surface area contributed by atoms with E-state index in [0.29, 0.717) is 0 Å². The third kappa shape index (κ3) is 7.53. The Kier molecular flexibility index (Phi) is 9.84. The lowest BCUT2D eigenvalue weighted by Crippen LogP contribution is -2.10. The van der Waals surface area contributed by atoms with Gasteiger partial charge in [-0.05, 0) is 158 Å². The summed E-state index contributed by atoms with van der Waals surface area (Å²) >= 11 is 0. The van der Waals surface area contributed by atoms with E-state index in [1.165, 1.54) is 16.7 Å². The van der Waals surface area contributed by atoms with Crippen LogP contribution in [0, 0.1) is 0 Å². The van der Waals surface area contributed by atoms with Crippen LogP contribution in [0.1, 0.15) is 0 Å². The number of nitrogens with zero attached hydrogens (tertiary/aromatic N) is 1.